The first-order chi connectivity index (χ1) is 11.0. The summed E-state index contributed by atoms with van der Waals surface area (Å²) in [5, 5.41) is 7.34. The lowest BCUT2D eigenvalue weighted by Gasteiger charge is -2.30. The predicted octanol–water partition coefficient (Wildman–Crippen LogP) is 2.90. The van der Waals surface area contributed by atoms with E-state index in [4.69, 9.17) is 28.6 Å². The van der Waals surface area contributed by atoms with Gasteiger partial charge in [0.2, 0.25) is 0 Å². The molecule has 0 atom stereocenters. The van der Waals surface area contributed by atoms with Gasteiger partial charge in [0, 0.05) is 11.7 Å². The monoisotopic (exact) mass is 355 g/mol. The lowest BCUT2D eigenvalue weighted by Crippen LogP contribution is -2.44. The summed E-state index contributed by atoms with van der Waals surface area (Å²) in [7, 11) is 2.12. The molecule has 1 aliphatic heterocycles. The maximum atomic E-state index is 11.9. The summed E-state index contributed by atoms with van der Waals surface area (Å²) in [6.07, 6.45) is 2.13. The maximum Gasteiger partial charge on any atom is 0.339 e. The van der Waals surface area contributed by atoms with Gasteiger partial charge in [-0.15, -0.1) is 0 Å². The molecule has 2 rings (SSSR count). The average Bonchev–Trinajstić information content (AvgIpc) is 2.51. The molecule has 1 aromatic carbocycles. The van der Waals surface area contributed by atoms with Crippen molar-refractivity contribution in [2.45, 2.75) is 25.8 Å². The number of hydrogen-bond acceptors (Lipinski definition) is 4. The number of benzene rings is 1. The number of rotatable bonds is 4. The van der Waals surface area contributed by atoms with Crippen LogP contribution in [-0.2, 0) is 4.74 Å². The highest BCUT2D eigenvalue weighted by Gasteiger charge is 2.17. The van der Waals surface area contributed by atoms with Crippen molar-refractivity contribution in [1.82, 2.24) is 10.2 Å². The van der Waals surface area contributed by atoms with Crippen LogP contribution >= 0.6 is 23.8 Å². The summed E-state index contributed by atoms with van der Waals surface area (Å²) >= 11 is 11.4. The fourth-order valence-electron chi connectivity index (χ4n) is 2.47. The highest BCUT2D eigenvalue weighted by atomic mass is 35.5. The fourth-order valence-corrected chi connectivity index (χ4v) is 2.95. The Kier molecular flexibility index (Phi) is 6.62. The standard InChI is InChI=1S/C16H22ClN3O2S/c1-3-22-15(21)13-10-12(4-5-14(13)17)19-16(23)18-11-6-8-20(2)9-7-11/h4-5,10-11H,3,6-9H2,1-2H3,(H2,18,19,23). The van der Waals surface area contributed by atoms with Crippen LogP contribution in [-0.4, -0.2) is 48.8 Å². The fraction of sp³-hybridized carbons (Fsp3) is 0.500. The molecular formula is C16H22ClN3O2S. The molecule has 1 heterocycles. The van der Waals surface area contributed by atoms with Crippen LogP contribution in [0.1, 0.15) is 30.1 Å². The van der Waals surface area contributed by atoms with E-state index >= 15 is 0 Å². The minimum Gasteiger partial charge on any atom is -0.462 e. The zero-order valence-electron chi connectivity index (χ0n) is 13.4. The molecule has 1 saturated heterocycles. The molecular weight excluding hydrogens is 334 g/mol. The number of likely N-dealkylation sites (tertiary alicyclic amines) is 1. The minimum atomic E-state index is -0.435. The SMILES string of the molecule is CCOC(=O)c1cc(NC(=S)NC2CCN(C)CC2)ccc1Cl. The number of anilines is 1. The minimum absolute atomic E-state index is 0.308. The van der Waals surface area contributed by atoms with Crippen LogP contribution in [0.4, 0.5) is 5.69 Å². The number of nitrogens with one attached hydrogen (secondary N) is 2. The summed E-state index contributed by atoms with van der Waals surface area (Å²) in [6, 6.07) is 5.48. The van der Waals surface area contributed by atoms with E-state index in [1.54, 1.807) is 25.1 Å². The molecule has 0 saturated carbocycles. The van der Waals surface area contributed by atoms with Crippen LogP contribution in [0.5, 0.6) is 0 Å². The van der Waals surface area contributed by atoms with Crippen molar-refractivity contribution in [2.75, 3.05) is 32.1 Å². The van der Waals surface area contributed by atoms with Crippen molar-refractivity contribution in [2.24, 2.45) is 0 Å². The Labute approximate surface area is 147 Å². The van der Waals surface area contributed by atoms with Gasteiger partial charge in [-0.1, -0.05) is 11.6 Å². The van der Waals surface area contributed by atoms with Crippen LogP contribution in [0.25, 0.3) is 0 Å². The molecule has 7 heteroatoms. The normalized spacial score (nSPS) is 16.0. The molecule has 0 unspecified atom stereocenters. The second-order valence-corrected chi connectivity index (χ2v) is 6.41. The van der Waals surface area contributed by atoms with Gasteiger partial charge in [-0.25, -0.2) is 4.79 Å². The number of carbonyl (C=O) groups is 1. The third kappa shape index (κ3) is 5.34. The molecule has 1 aliphatic rings. The van der Waals surface area contributed by atoms with Gasteiger partial charge in [0.1, 0.15) is 0 Å². The van der Waals surface area contributed by atoms with Gasteiger partial charge >= 0.3 is 5.97 Å². The highest BCUT2D eigenvalue weighted by molar-refractivity contribution is 7.80. The molecule has 0 aromatic heterocycles. The van der Waals surface area contributed by atoms with Crippen molar-refractivity contribution >= 4 is 40.6 Å². The molecule has 126 valence electrons. The first-order valence-corrected chi connectivity index (χ1v) is 8.51. The second-order valence-electron chi connectivity index (χ2n) is 5.59. The maximum absolute atomic E-state index is 11.9. The summed E-state index contributed by atoms with van der Waals surface area (Å²) in [6.45, 7) is 4.19. The number of nitrogens with zero attached hydrogens (tertiary/aromatic N) is 1. The predicted molar refractivity (Wildman–Crippen MR) is 97.3 cm³/mol. The molecule has 23 heavy (non-hydrogen) atoms. The summed E-state index contributed by atoms with van der Waals surface area (Å²) in [5.41, 5.74) is 1.04. The third-order valence-electron chi connectivity index (χ3n) is 3.77. The van der Waals surface area contributed by atoms with E-state index in [1.807, 2.05) is 0 Å². The van der Waals surface area contributed by atoms with Gasteiger partial charge in [0.05, 0.1) is 17.2 Å². The summed E-state index contributed by atoms with van der Waals surface area (Å²) in [4.78, 5) is 14.2. The van der Waals surface area contributed by atoms with E-state index in [0.29, 0.717) is 34.0 Å². The average molecular weight is 356 g/mol. The molecule has 0 amide bonds. The Morgan fingerprint density at radius 1 is 1.43 bits per heavy atom. The van der Waals surface area contributed by atoms with Crippen molar-refractivity contribution < 1.29 is 9.53 Å². The zero-order valence-corrected chi connectivity index (χ0v) is 15.0. The van der Waals surface area contributed by atoms with E-state index in [-0.39, 0.29) is 0 Å². The number of ether oxygens (including phenoxy) is 1. The van der Waals surface area contributed by atoms with Gasteiger partial charge in [-0.2, -0.15) is 0 Å². The molecule has 5 nitrogen and oxygen atoms in total. The Hall–Kier alpha value is -1.37. The lowest BCUT2D eigenvalue weighted by atomic mass is 10.1. The van der Waals surface area contributed by atoms with Gasteiger partial charge in [0.25, 0.3) is 0 Å². The number of halogens is 1. The number of piperidine rings is 1. The van der Waals surface area contributed by atoms with Crippen molar-refractivity contribution in [3.05, 3.63) is 28.8 Å². The van der Waals surface area contributed by atoms with Crippen LogP contribution in [0, 0.1) is 0 Å². The molecule has 2 N–H and O–H groups in total. The Bertz CT molecular complexity index is 574. The van der Waals surface area contributed by atoms with Crippen LogP contribution < -0.4 is 10.6 Å². The Morgan fingerprint density at radius 2 is 2.13 bits per heavy atom. The Morgan fingerprint density at radius 3 is 2.78 bits per heavy atom. The summed E-state index contributed by atoms with van der Waals surface area (Å²) in [5.74, 6) is -0.435. The number of carbonyl (C=O) groups excluding carboxylic acids is 1. The van der Waals surface area contributed by atoms with E-state index < -0.39 is 5.97 Å². The summed E-state index contributed by atoms with van der Waals surface area (Å²) < 4.78 is 5.00. The molecule has 0 bridgehead atoms. The van der Waals surface area contributed by atoms with Gasteiger partial charge in [-0.05, 0) is 70.3 Å². The van der Waals surface area contributed by atoms with Crippen molar-refractivity contribution in [3.8, 4) is 0 Å². The van der Waals surface area contributed by atoms with E-state index in [2.05, 4.69) is 22.6 Å². The van der Waals surface area contributed by atoms with E-state index in [1.165, 1.54) is 0 Å². The number of hydrogen-bond donors (Lipinski definition) is 2. The number of thiocarbonyl (C=S) groups is 1. The van der Waals surface area contributed by atoms with E-state index in [0.717, 1.165) is 25.9 Å². The molecule has 0 aliphatic carbocycles. The van der Waals surface area contributed by atoms with Crippen LogP contribution in [0.15, 0.2) is 18.2 Å². The van der Waals surface area contributed by atoms with Crippen molar-refractivity contribution in [3.63, 3.8) is 0 Å². The lowest BCUT2D eigenvalue weighted by molar-refractivity contribution is 0.0526. The zero-order chi connectivity index (χ0) is 16.8. The first kappa shape index (κ1) is 18.0. The Balaban J connectivity index is 1.95. The molecule has 0 spiro atoms. The van der Waals surface area contributed by atoms with E-state index in [9.17, 15) is 4.79 Å². The largest absolute Gasteiger partial charge is 0.462 e. The van der Waals surface area contributed by atoms with Gasteiger partial charge in [-0.3, -0.25) is 0 Å². The third-order valence-corrected chi connectivity index (χ3v) is 4.32. The van der Waals surface area contributed by atoms with Crippen LogP contribution in [0.2, 0.25) is 5.02 Å². The van der Waals surface area contributed by atoms with Crippen LogP contribution in [0.3, 0.4) is 0 Å². The van der Waals surface area contributed by atoms with Gasteiger partial charge < -0.3 is 20.3 Å². The smallest absolute Gasteiger partial charge is 0.339 e. The molecule has 1 fully saturated rings. The van der Waals surface area contributed by atoms with Crippen molar-refractivity contribution in [1.29, 1.82) is 0 Å². The molecule has 1 aromatic rings. The quantitative estimate of drug-likeness (QED) is 0.640. The highest BCUT2D eigenvalue weighted by Crippen LogP contribution is 2.21. The van der Waals surface area contributed by atoms with Gasteiger partial charge in [0.15, 0.2) is 5.11 Å². The second kappa shape index (κ2) is 8.47. The molecule has 0 radical (unpaired) electrons. The topological polar surface area (TPSA) is 53.6 Å². The first-order valence-electron chi connectivity index (χ1n) is 7.72. The number of esters is 1.